The highest BCUT2D eigenvalue weighted by atomic mass is 19.1. The van der Waals surface area contributed by atoms with Crippen molar-refractivity contribution in [3.05, 3.63) is 88.2 Å². The van der Waals surface area contributed by atoms with Crippen LogP contribution in [0.4, 0.5) is 24.8 Å². The van der Waals surface area contributed by atoms with Crippen molar-refractivity contribution < 1.29 is 13.2 Å². The fourth-order valence-electron chi connectivity index (χ4n) is 2.90. The number of fused-ring (bicyclic) bond motifs is 1. The molecule has 0 saturated heterocycles. The van der Waals surface area contributed by atoms with Crippen LogP contribution in [0, 0.1) is 17.5 Å². The van der Waals surface area contributed by atoms with Crippen LogP contribution >= 0.6 is 0 Å². The third kappa shape index (κ3) is 3.41. The third-order valence-electron chi connectivity index (χ3n) is 4.07. The average molecular weight is 370 g/mol. The van der Waals surface area contributed by atoms with E-state index >= 15 is 0 Å². The van der Waals surface area contributed by atoms with E-state index in [0.717, 1.165) is 35.3 Å². The molecule has 0 spiro atoms. The van der Waals surface area contributed by atoms with Crippen LogP contribution in [-0.2, 0) is 6.54 Å². The van der Waals surface area contributed by atoms with E-state index in [1.54, 1.807) is 18.3 Å². The molecule has 8 heteroatoms. The molecule has 0 saturated carbocycles. The first-order valence-electron chi connectivity index (χ1n) is 8.05. The number of benzene rings is 2. The van der Waals surface area contributed by atoms with Crippen molar-refractivity contribution in [1.82, 2.24) is 14.5 Å². The highest BCUT2D eigenvalue weighted by molar-refractivity contribution is 5.93. The summed E-state index contributed by atoms with van der Waals surface area (Å²) in [5.74, 6) is -2.49. The first-order valence-corrected chi connectivity index (χ1v) is 8.05. The molecule has 136 valence electrons. The van der Waals surface area contributed by atoms with E-state index < -0.39 is 23.0 Å². The molecule has 0 aliphatic rings. The fraction of sp³-hybridized carbons (Fsp3) is 0.0526. The Morgan fingerprint density at radius 1 is 1.07 bits per heavy atom. The summed E-state index contributed by atoms with van der Waals surface area (Å²) in [6.07, 6.45) is 2.72. The van der Waals surface area contributed by atoms with Crippen molar-refractivity contribution in [2.24, 2.45) is 0 Å². The minimum absolute atomic E-state index is 0.0553. The molecule has 0 unspecified atom stereocenters. The van der Waals surface area contributed by atoms with Crippen molar-refractivity contribution in [1.29, 1.82) is 0 Å². The Morgan fingerprint density at radius 3 is 2.63 bits per heavy atom. The smallest absolute Gasteiger partial charge is 0.310 e. The monoisotopic (exact) mass is 370 g/mol. The molecule has 2 aromatic heterocycles. The van der Waals surface area contributed by atoms with Gasteiger partial charge in [-0.15, -0.1) is 0 Å². The number of aromatic nitrogens is 3. The number of halogens is 3. The molecular formula is C19H13F3N4O. The van der Waals surface area contributed by atoms with E-state index in [1.807, 2.05) is 12.1 Å². The first-order chi connectivity index (χ1) is 13.0. The minimum atomic E-state index is -1.06. The maximum atomic E-state index is 13.8. The molecule has 0 aliphatic heterocycles. The summed E-state index contributed by atoms with van der Waals surface area (Å²) in [6, 6.07) is 10.3. The molecule has 4 rings (SSSR count). The molecule has 4 aromatic rings. The Labute approximate surface area is 151 Å². The van der Waals surface area contributed by atoms with E-state index in [0.29, 0.717) is 5.69 Å². The predicted molar refractivity (Wildman–Crippen MR) is 95.5 cm³/mol. The molecular weight excluding hydrogens is 357 g/mol. The van der Waals surface area contributed by atoms with Crippen LogP contribution in [0.3, 0.4) is 0 Å². The van der Waals surface area contributed by atoms with Crippen LogP contribution in [0.2, 0.25) is 0 Å². The van der Waals surface area contributed by atoms with Crippen molar-refractivity contribution in [2.45, 2.75) is 6.54 Å². The number of hydrogen-bond acceptors (Lipinski definition) is 3. The van der Waals surface area contributed by atoms with Gasteiger partial charge in [0.15, 0.2) is 0 Å². The molecule has 0 bridgehead atoms. The Kier molecular flexibility index (Phi) is 4.15. The summed E-state index contributed by atoms with van der Waals surface area (Å²) in [5.41, 5.74) is 0.746. The molecule has 0 aliphatic carbocycles. The Morgan fingerprint density at radius 2 is 1.85 bits per heavy atom. The van der Waals surface area contributed by atoms with Gasteiger partial charge in [0.25, 0.3) is 0 Å². The highest BCUT2D eigenvalue weighted by Crippen LogP contribution is 2.25. The summed E-state index contributed by atoms with van der Waals surface area (Å²) in [7, 11) is 0. The van der Waals surface area contributed by atoms with E-state index in [-0.39, 0.29) is 18.1 Å². The number of nitrogens with zero attached hydrogens (tertiary/aromatic N) is 2. The van der Waals surface area contributed by atoms with Gasteiger partial charge >= 0.3 is 5.56 Å². The quantitative estimate of drug-likeness (QED) is 0.572. The van der Waals surface area contributed by atoms with Gasteiger partial charge in [0.1, 0.15) is 11.6 Å². The van der Waals surface area contributed by atoms with Crippen LogP contribution in [-0.4, -0.2) is 14.5 Å². The summed E-state index contributed by atoms with van der Waals surface area (Å²) in [4.78, 5) is 18.5. The number of H-pyrrole nitrogens is 1. The number of rotatable bonds is 4. The second-order valence-electron chi connectivity index (χ2n) is 5.99. The fourth-order valence-corrected chi connectivity index (χ4v) is 2.90. The second-order valence-corrected chi connectivity index (χ2v) is 5.99. The average Bonchev–Trinajstić information content (AvgIpc) is 3.08. The van der Waals surface area contributed by atoms with Crippen LogP contribution in [0.15, 0.2) is 59.7 Å². The number of aromatic amines is 1. The molecule has 27 heavy (non-hydrogen) atoms. The highest BCUT2D eigenvalue weighted by Gasteiger charge is 2.12. The molecule has 0 atom stereocenters. The number of anilines is 2. The van der Waals surface area contributed by atoms with Gasteiger partial charge in [-0.3, -0.25) is 4.79 Å². The zero-order chi connectivity index (χ0) is 19.0. The van der Waals surface area contributed by atoms with Gasteiger partial charge < -0.3 is 14.9 Å². The van der Waals surface area contributed by atoms with E-state index in [9.17, 15) is 18.0 Å². The standard InChI is InChI=1S/C19H13F3N4O/c20-12-6-11(7-13(21)8-12)9-26-10-15(22)18(27)25-19(26)24-17-3-1-2-16-14(17)4-5-23-16/h1-8,10,23H,9H2,(H,24,25,27). The van der Waals surface area contributed by atoms with Gasteiger partial charge in [-0.25, -0.2) is 8.78 Å². The normalized spacial score (nSPS) is 11.1. The Bertz CT molecular complexity index is 1180. The lowest BCUT2D eigenvalue weighted by Gasteiger charge is -2.15. The summed E-state index contributed by atoms with van der Waals surface area (Å²) < 4.78 is 42.0. The van der Waals surface area contributed by atoms with Gasteiger partial charge in [0.05, 0.1) is 12.2 Å². The van der Waals surface area contributed by atoms with Crippen LogP contribution in [0.1, 0.15) is 5.56 Å². The van der Waals surface area contributed by atoms with Crippen molar-refractivity contribution in [3.63, 3.8) is 0 Å². The molecule has 0 radical (unpaired) electrons. The van der Waals surface area contributed by atoms with Crippen molar-refractivity contribution in [3.8, 4) is 0 Å². The maximum Gasteiger partial charge on any atom is 0.310 e. The lowest BCUT2D eigenvalue weighted by molar-refractivity contribution is 0.568. The van der Waals surface area contributed by atoms with Crippen LogP contribution in [0.25, 0.3) is 10.9 Å². The summed E-state index contributed by atoms with van der Waals surface area (Å²) in [5, 5.41) is 3.84. The minimum Gasteiger partial charge on any atom is -0.361 e. The van der Waals surface area contributed by atoms with E-state index in [1.165, 1.54) is 4.57 Å². The van der Waals surface area contributed by atoms with Gasteiger partial charge in [-0.2, -0.15) is 9.37 Å². The van der Waals surface area contributed by atoms with Crippen molar-refractivity contribution in [2.75, 3.05) is 5.32 Å². The number of nitrogens with one attached hydrogen (secondary N) is 2. The molecule has 0 fully saturated rings. The third-order valence-corrected chi connectivity index (χ3v) is 4.07. The summed E-state index contributed by atoms with van der Waals surface area (Å²) in [6.45, 7) is -0.0790. The Balaban J connectivity index is 1.77. The first kappa shape index (κ1) is 16.9. The molecule has 0 amide bonds. The van der Waals surface area contributed by atoms with E-state index in [2.05, 4.69) is 15.3 Å². The number of hydrogen-bond donors (Lipinski definition) is 2. The lowest BCUT2D eigenvalue weighted by atomic mass is 10.2. The topological polar surface area (TPSA) is 62.7 Å². The SMILES string of the molecule is O=c1nc(Nc2cccc3[nH]ccc23)n(Cc2cc(F)cc(F)c2)cc1F. The molecule has 5 nitrogen and oxygen atoms in total. The molecule has 2 heterocycles. The zero-order valence-electron chi connectivity index (χ0n) is 13.8. The van der Waals surface area contributed by atoms with Crippen molar-refractivity contribution >= 4 is 22.5 Å². The Hall–Kier alpha value is -3.55. The lowest BCUT2D eigenvalue weighted by Crippen LogP contribution is -2.20. The van der Waals surface area contributed by atoms with Gasteiger partial charge in [0.2, 0.25) is 11.8 Å². The molecule has 2 aromatic carbocycles. The predicted octanol–water partition coefficient (Wildman–Crippen LogP) is 3.93. The second kappa shape index (κ2) is 6.64. The maximum absolute atomic E-state index is 13.8. The van der Waals surface area contributed by atoms with Gasteiger partial charge in [-0.1, -0.05) is 6.07 Å². The zero-order valence-corrected chi connectivity index (χ0v) is 13.8. The largest absolute Gasteiger partial charge is 0.361 e. The van der Waals surface area contributed by atoms with Crippen LogP contribution < -0.4 is 10.9 Å². The molecule has 2 N–H and O–H groups in total. The van der Waals surface area contributed by atoms with Gasteiger partial charge in [0, 0.05) is 29.4 Å². The summed E-state index contributed by atoms with van der Waals surface area (Å²) >= 11 is 0. The van der Waals surface area contributed by atoms with Crippen LogP contribution in [0.5, 0.6) is 0 Å². The van der Waals surface area contributed by atoms with Gasteiger partial charge in [-0.05, 0) is 35.9 Å². The van der Waals surface area contributed by atoms with E-state index in [4.69, 9.17) is 0 Å².